The van der Waals surface area contributed by atoms with E-state index in [-0.39, 0.29) is 6.04 Å². The molecule has 3 nitrogen and oxygen atoms in total. The van der Waals surface area contributed by atoms with E-state index < -0.39 is 0 Å². The predicted octanol–water partition coefficient (Wildman–Crippen LogP) is 2.05. The van der Waals surface area contributed by atoms with Crippen molar-refractivity contribution in [2.24, 2.45) is 0 Å². The molecule has 1 aromatic rings. The molecule has 0 amide bonds. The standard InChI is InChI=1S/C9H13N3S2/c1-3-11-8(4-10)6-14-9-12-7(2)5-13-9/h5,8,11H,3,6H2,1-2H3. The van der Waals surface area contributed by atoms with Crippen LogP contribution in [-0.4, -0.2) is 23.3 Å². The van der Waals surface area contributed by atoms with E-state index in [0.29, 0.717) is 0 Å². The quantitative estimate of drug-likeness (QED) is 0.782. The monoisotopic (exact) mass is 227 g/mol. The lowest BCUT2D eigenvalue weighted by molar-refractivity contribution is 0.677. The Morgan fingerprint density at radius 2 is 2.57 bits per heavy atom. The van der Waals surface area contributed by atoms with Gasteiger partial charge in [0.2, 0.25) is 0 Å². The Balaban J connectivity index is 2.36. The summed E-state index contributed by atoms with van der Waals surface area (Å²) in [6, 6.07) is 2.15. The highest BCUT2D eigenvalue weighted by Crippen LogP contribution is 2.22. The molecular formula is C9H13N3S2. The third-order valence-electron chi connectivity index (χ3n) is 1.58. The van der Waals surface area contributed by atoms with Gasteiger partial charge in [-0.05, 0) is 13.5 Å². The van der Waals surface area contributed by atoms with Gasteiger partial charge >= 0.3 is 0 Å². The molecule has 1 N–H and O–H groups in total. The third-order valence-corrected chi connectivity index (χ3v) is 3.81. The van der Waals surface area contributed by atoms with Crippen molar-refractivity contribution >= 4 is 23.1 Å². The fraction of sp³-hybridized carbons (Fsp3) is 0.556. The summed E-state index contributed by atoms with van der Waals surface area (Å²) in [5.41, 5.74) is 1.05. The van der Waals surface area contributed by atoms with Crippen LogP contribution in [0.3, 0.4) is 0 Å². The first-order chi connectivity index (χ1) is 6.76. The Morgan fingerprint density at radius 3 is 3.07 bits per heavy atom. The van der Waals surface area contributed by atoms with E-state index in [1.165, 1.54) is 0 Å². The van der Waals surface area contributed by atoms with Crippen LogP contribution in [0.15, 0.2) is 9.72 Å². The summed E-state index contributed by atoms with van der Waals surface area (Å²) in [6.45, 7) is 4.81. The van der Waals surface area contributed by atoms with E-state index in [0.717, 1.165) is 22.3 Å². The lowest BCUT2D eigenvalue weighted by atomic mass is 10.4. The molecule has 1 aromatic heterocycles. The van der Waals surface area contributed by atoms with Crippen molar-refractivity contribution in [1.82, 2.24) is 10.3 Å². The minimum absolute atomic E-state index is 0.0748. The normalized spacial score (nSPS) is 12.4. The number of rotatable bonds is 5. The summed E-state index contributed by atoms with van der Waals surface area (Å²) in [5.74, 6) is 0.761. The number of thioether (sulfide) groups is 1. The highest BCUT2D eigenvalue weighted by atomic mass is 32.2. The van der Waals surface area contributed by atoms with Gasteiger partial charge in [0.25, 0.3) is 0 Å². The number of nitriles is 1. The first-order valence-electron chi connectivity index (χ1n) is 4.44. The van der Waals surface area contributed by atoms with Gasteiger partial charge in [-0.1, -0.05) is 18.7 Å². The first-order valence-corrected chi connectivity index (χ1v) is 6.30. The third kappa shape index (κ3) is 3.66. The van der Waals surface area contributed by atoms with E-state index in [9.17, 15) is 0 Å². The van der Waals surface area contributed by atoms with Gasteiger partial charge in [-0.15, -0.1) is 11.3 Å². The summed E-state index contributed by atoms with van der Waals surface area (Å²) in [5, 5.41) is 13.9. The van der Waals surface area contributed by atoms with Crippen molar-refractivity contribution in [2.75, 3.05) is 12.3 Å². The van der Waals surface area contributed by atoms with Gasteiger partial charge in [-0.25, -0.2) is 4.98 Å². The molecule has 1 rings (SSSR count). The van der Waals surface area contributed by atoms with Gasteiger partial charge in [0.15, 0.2) is 0 Å². The molecule has 0 saturated carbocycles. The van der Waals surface area contributed by atoms with Crippen molar-refractivity contribution in [3.05, 3.63) is 11.1 Å². The minimum Gasteiger partial charge on any atom is -0.302 e. The molecule has 0 aliphatic rings. The molecule has 1 atom stereocenters. The molecule has 0 saturated heterocycles. The van der Waals surface area contributed by atoms with E-state index in [4.69, 9.17) is 5.26 Å². The Kier molecular flexibility index (Phi) is 4.94. The second kappa shape index (κ2) is 6.02. The Bertz CT molecular complexity index is 316. The molecule has 14 heavy (non-hydrogen) atoms. The number of hydrogen-bond donors (Lipinski definition) is 1. The van der Waals surface area contributed by atoms with Crippen LogP contribution >= 0.6 is 23.1 Å². The fourth-order valence-electron chi connectivity index (χ4n) is 0.942. The van der Waals surface area contributed by atoms with Crippen LogP contribution in [0.1, 0.15) is 12.6 Å². The fourth-order valence-corrected chi connectivity index (χ4v) is 2.79. The van der Waals surface area contributed by atoms with Gasteiger partial charge in [-0.2, -0.15) is 5.26 Å². The molecule has 76 valence electrons. The minimum atomic E-state index is -0.0748. The molecule has 5 heteroatoms. The van der Waals surface area contributed by atoms with E-state index >= 15 is 0 Å². The number of aryl methyl sites for hydroxylation is 1. The lowest BCUT2D eigenvalue weighted by Crippen LogP contribution is -2.29. The maximum atomic E-state index is 8.80. The smallest absolute Gasteiger partial charge is 0.150 e. The van der Waals surface area contributed by atoms with Crippen LogP contribution in [0, 0.1) is 18.3 Å². The lowest BCUT2D eigenvalue weighted by Gasteiger charge is -2.06. The van der Waals surface area contributed by atoms with E-state index in [1.54, 1.807) is 23.1 Å². The van der Waals surface area contributed by atoms with Crippen molar-refractivity contribution in [2.45, 2.75) is 24.2 Å². The molecule has 1 unspecified atom stereocenters. The summed E-state index contributed by atoms with van der Waals surface area (Å²) >= 11 is 3.27. The predicted molar refractivity (Wildman–Crippen MR) is 60.7 cm³/mol. The highest BCUT2D eigenvalue weighted by molar-refractivity contribution is 8.01. The van der Waals surface area contributed by atoms with Crippen molar-refractivity contribution in [3.63, 3.8) is 0 Å². The van der Waals surface area contributed by atoms with Crippen LogP contribution in [0.4, 0.5) is 0 Å². The van der Waals surface area contributed by atoms with Crippen molar-refractivity contribution in [1.29, 1.82) is 5.26 Å². The Labute approximate surface area is 92.5 Å². The van der Waals surface area contributed by atoms with Gasteiger partial charge in [0.1, 0.15) is 10.4 Å². The van der Waals surface area contributed by atoms with Crippen LogP contribution in [0.5, 0.6) is 0 Å². The zero-order chi connectivity index (χ0) is 10.4. The SMILES string of the molecule is CCNC(C#N)CSc1nc(C)cs1. The number of hydrogen-bond acceptors (Lipinski definition) is 5. The molecule has 0 aliphatic heterocycles. The average molecular weight is 227 g/mol. The Morgan fingerprint density at radius 1 is 1.79 bits per heavy atom. The van der Waals surface area contributed by atoms with E-state index in [1.807, 2.05) is 19.2 Å². The summed E-state index contributed by atoms with van der Waals surface area (Å²) < 4.78 is 1.04. The van der Waals surface area contributed by atoms with Crippen LogP contribution in [0.25, 0.3) is 0 Å². The van der Waals surface area contributed by atoms with Gasteiger partial charge in [-0.3, -0.25) is 0 Å². The zero-order valence-electron chi connectivity index (χ0n) is 8.28. The second-order valence-corrected chi connectivity index (χ2v) is 4.93. The number of nitrogens with one attached hydrogen (secondary N) is 1. The summed E-state index contributed by atoms with van der Waals surface area (Å²) in [6.07, 6.45) is 0. The molecule has 0 radical (unpaired) electrons. The number of thiazole rings is 1. The Hall–Kier alpha value is -0.570. The first kappa shape index (κ1) is 11.5. The van der Waals surface area contributed by atoms with E-state index in [2.05, 4.69) is 16.4 Å². The van der Waals surface area contributed by atoms with Crippen LogP contribution in [-0.2, 0) is 0 Å². The average Bonchev–Trinajstić information content (AvgIpc) is 2.59. The summed E-state index contributed by atoms with van der Waals surface area (Å²) in [7, 11) is 0. The maximum Gasteiger partial charge on any atom is 0.150 e. The second-order valence-electron chi connectivity index (χ2n) is 2.81. The maximum absolute atomic E-state index is 8.80. The van der Waals surface area contributed by atoms with Gasteiger partial charge in [0.05, 0.1) is 6.07 Å². The number of aromatic nitrogens is 1. The zero-order valence-corrected chi connectivity index (χ0v) is 9.91. The molecule has 0 aromatic carbocycles. The van der Waals surface area contributed by atoms with Crippen LogP contribution in [0.2, 0.25) is 0 Å². The van der Waals surface area contributed by atoms with Crippen molar-refractivity contribution < 1.29 is 0 Å². The van der Waals surface area contributed by atoms with Crippen molar-refractivity contribution in [3.8, 4) is 6.07 Å². The topological polar surface area (TPSA) is 48.7 Å². The summed E-state index contributed by atoms with van der Waals surface area (Å²) in [4.78, 5) is 4.32. The molecule has 0 spiro atoms. The molecule has 0 fully saturated rings. The largest absolute Gasteiger partial charge is 0.302 e. The number of nitrogens with zero attached hydrogens (tertiary/aromatic N) is 2. The molecule has 0 aliphatic carbocycles. The van der Waals surface area contributed by atoms with Crippen LogP contribution < -0.4 is 5.32 Å². The molecule has 0 bridgehead atoms. The molecule has 1 heterocycles. The van der Waals surface area contributed by atoms with Gasteiger partial charge in [0, 0.05) is 16.8 Å². The molecular weight excluding hydrogens is 214 g/mol. The van der Waals surface area contributed by atoms with Gasteiger partial charge < -0.3 is 5.32 Å². The highest BCUT2D eigenvalue weighted by Gasteiger charge is 2.07.